The Balaban J connectivity index is 1.77. The molecule has 182 valence electrons. The first kappa shape index (κ1) is 25.5. The molecule has 1 heterocycles. The number of nitrogens with one attached hydrogen (secondary N) is 3. The number of hydrogen-bond acceptors (Lipinski definition) is 8. The van der Waals surface area contributed by atoms with Crippen molar-refractivity contribution in [2.45, 2.75) is 31.7 Å². The van der Waals surface area contributed by atoms with Gasteiger partial charge in [0.2, 0.25) is 26.0 Å². The first-order chi connectivity index (χ1) is 15.9. The molecule has 0 aliphatic rings. The van der Waals surface area contributed by atoms with Crippen molar-refractivity contribution in [1.29, 1.82) is 0 Å². The second-order valence-electron chi connectivity index (χ2n) is 7.53. The Morgan fingerprint density at radius 1 is 1.03 bits per heavy atom. The molecule has 0 unspecified atom stereocenters. The van der Waals surface area contributed by atoms with Crippen LogP contribution in [-0.2, 0) is 20.0 Å². The minimum absolute atomic E-state index is 0.0216. The van der Waals surface area contributed by atoms with Crippen molar-refractivity contribution < 1.29 is 21.2 Å². The molecule has 3 rings (SSSR count). The molecule has 0 bridgehead atoms. The molecule has 3 aromatic rings. The number of aromatic nitrogens is 2. The molecule has 0 aliphatic heterocycles. The molecule has 0 radical (unpaired) electrons. The molecule has 2 aromatic carbocycles. The Morgan fingerprint density at radius 3 is 2.29 bits per heavy atom. The van der Waals surface area contributed by atoms with Crippen molar-refractivity contribution in [3.05, 3.63) is 65.6 Å². The average Bonchev–Trinajstić information content (AvgIpc) is 2.77. The van der Waals surface area contributed by atoms with E-state index in [0.717, 1.165) is 11.8 Å². The summed E-state index contributed by atoms with van der Waals surface area (Å²) in [5, 5.41) is 10.9. The second-order valence-corrected chi connectivity index (χ2v) is 11.1. The molecular weight excluding hydrogens is 483 g/mol. The SMILES string of the molecule is CCS(=O)(=O)N[C@@H](C)c1ccc(Nc2nc(Nc3ccc(C)c(S(N)(=O)=O)c3)ncc2F)cc1. The zero-order valence-electron chi connectivity index (χ0n) is 18.7. The zero-order valence-corrected chi connectivity index (χ0v) is 20.3. The average molecular weight is 509 g/mol. The van der Waals surface area contributed by atoms with Gasteiger partial charge in [0.05, 0.1) is 16.8 Å². The molecule has 0 fully saturated rings. The normalized spacial score (nSPS) is 12.9. The highest BCUT2D eigenvalue weighted by atomic mass is 32.2. The van der Waals surface area contributed by atoms with E-state index in [9.17, 15) is 21.2 Å². The number of primary sulfonamides is 1. The van der Waals surface area contributed by atoms with Crippen LogP contribution in [-0.4, -0.2) is 32.6 Å². The van der Waals surface area contributed by atoms with E-state index < -0.39 is 31.9 Å². The number of sulfonamides is 2. The minimum Gasteiger partial charge on any atom is -0.338 e. The van der Waals surface area contributed by atoms with Crippen LogP contribution in [0.15, 0.2) is 53.6 Å². The van der Waals surface area contributed by atoms with Crippen LogP contribution in [0.25, 0.3) is 0 Å². The molecule has 0 saturated carbocycles. The van der Waals surface area contributed by atoms with Gasteiger partial charge in [-0.25, -0.2) is 36.1 Å². The molecule has 13 heteroatoms. The van der Waals surface area contributed by atoms with Crippen molar-refractivity contribution >= 4 is 43.2 Å². The summed E-state index contributed by atoms with van der Waals surface area (Å²) in [6, 6.07) is 10.9. The van der Waals surface area contributed by atoms with Gasteiger partial charge in [0.1, 0.15) is 0 Å². The topological polar surface area (TPSA) is 156 Å². The highest BCUT2D eigenvalue weighted by molar-refractivity contribution is 7.89. The lowest BCUT2D eigenvalue weighted by Crippen LogP contribution is -2.28. The number of anilines is 4. The third kappa shape index (κ3) is 6.47. The summed E-state index contributed by atoms with van der Waals surface area (Å²) in [6.45, 7) is 4.90. The lowest BCUT2D eigenvalue weighted by Gasteiger charge is -2.15. The molecule has 5 N–H and O–H groups in total. The van der Waals surface area contributed by atoms with Gasteiger partial charge < -0.3 is 10.6 Å². The Kier molecular flexibility index (Phi) is 7.51. The Hall–Kier alpha value is -3.13. The third-order valence-corrected chi connectivity index (χ3v) is 7.43. The van der Waals surface area contributed by atoms with Crippen LogP contribution >= 0.6 is 0 Å². The molecule has 0 saturated heterocycles. The predicted octanol–water partition coefficient (Wildman–Crippen LogP) is 3.06. The van der Waals surface area contributed by atoms with Crippen LogP contribution in [0, 0.1) is 12.7 Å². The zero-order chi connectivity index (χ0) is 25.1. The van der Waals surface area contributed by atoms with Crippen LogP contribution < -0.4 is 20.5 Å². The van der Waals surface area contributed by atoms with E-state index in [1.54, 1.807) is 57.2 Å². The Labute approximate surface area is 197 Å². The number of nitrogens with zero attached hydrogens (tertiary/aromatic N) is 2. The fourth-order valence-corrected chi connectivity index (χ4v) is 4.69. The number of nitrogens with two attached hydrogens (primary N) is 1. The van der Waals surface area contributed by atoms with Crippen molar-refractivity contribution in [1.82, 2.24) is 14.7 Å². The second kappa shape index (κ2) is 10.0. The van der Waals surface area contributed by atoms with Gasteiger partial charge >= 0.3 is 0 Å². The molecule has 1 aromatic heterocycles. The summed E-state index contributed by atoms with van der Waals surface area (Å²) in [5.74, 6) is -0.796. The Morgan fingerprint density at radius 2 is 1.68 bits per heavy atom. The molecule has 34 heavy (non-hydrogen) atoms. The van der Waals surface area contributed by atoms with E-state index in [1.807, 2.05) is 0 Å². The van der Waals surface area contributed by atoms with Crippen LogP contribution in [0.2, 0.25) is 0 Å². The summed E-state index contributed by atoms with van der Waals surface area (Å²) in [5.41, 5.74) is 2.10. The van der Waals surface area contributed by atoms with E-state index in [2.05, 4.69) is 25.3 Å². The standard InChI is InChI=1S/C21H25FN6O4S2/c1-4-33(29,30)28-14(3)15-6-9-16(10-7-15)25-20-18(22)12-24-21(27-20)26-17-8-5-13(2)19(11-17)34(23,31)32/h5-12,14,28H,4H2,1-3H3,(H2,23,31,32)(H2,24,25,26,27)/t14-/m0/s1. The van der Waals surface area contributed by atoms with Crippen molar-refractivity contribution in [3.8, 4) is 0 Å². The maximum absolute atomic E-state index is 14.3. The van der Waals surface area contributed by atoms with Gasteiger partial charge in [-0.1, -0.05) is 18.2 Å². The summed E-state index contributed by atoms with van der Waals surface area (Å²) < 4.78 is 63.9. The van der Waals surface area contributed by atoms with Gasteiger partial charge in [-0.15, -0.1) is 0 Å². The fourth-order valence-electron chi connectivity index (χ4n) is 3.04. The summed E-state index contributed by atoms with van der Waals surface area (Å²) in [4.78, 5) is 7.95. The molecule has 10 nitrogen and oxygen atoms in total. The third-order valence-electron chi connectivity index (χ3n) is 4.90. The van der Waals surface area contributed by atoms with E-state index >= 15 is 0 Å². The number of hydrogen-bond donors (Lipinski definition) is 4. The maximum atomic E-state index is 14.3. The van der Waals surface area contributed by atoms with Gasteiger partial charge in [-0.05, 0) is 56.2 Å². The lowest BCUT2D eigenvalue weighted by atomic mass is 10.1. The minimum atomic E-state index is -3.92. The van der Waals surface area contributed by atoms with Gasteiger partial charge in [-0.2, -0.15) is 4.98 Å². The van der Waals surface area contributed by atoms with E-state index in [0.29, 0.717) is 16.9 Å². The van der Waals surface area contributed by atoms with Crippen molar-refractivity contribution in [3.63, 3.8) is 0 Å². The molecule has 0 aliphatic carbocycles. The van der Waals surface area contributed by atoms with Crippen LogP contribution in [0.5, 0.6) is 0 Å². The number of aryl methyl sites for hydroxylation is 1. The number of benzene rings is 2. The fraction of sp³-hybridized carbons (Fsp3) is 0.238. The summed E-state index contributed by atoms with van der Waals surface area (Å²) >= 11 is 0. The Bertz CT molecular complexity index is 1400. The van der Waals surface area contributed by atoms with E-state index in [-0.39, 0.29) is 22.4 Å². The van der Waals surface area contributed by atoms with Gasteiger partial charge in [0.25, 0.3) is 0 Å². The molecule has 0 amide bonds. The van der Waals surface area contributed by atoms with E-state index in [1.165, 1.54) is 6.07 Å². The van der Waals surface area contributed by atoms with Gasteiger partial charge in [-0.3, -0.25) is 0 Å². The van der Waals surface area contributed by atoms with Crippen LogP contribution in [0.4, 0.5) is 27.5 Å². The first-order valence-corrected chi connectivity index (χ1v) is 13.4. The highest BCUT2D eigenvalue weighted by Crippen LogP contribution is 2.24. The predicted molar refractivity (Wildman–Crippen MR) is 129 cm³/mol. The van der Waals surface area contributed by atoms with Crippen molar-refractivity contribution in [2.24, 2.45) is 5.14 Å². The highest BCUT2D eigenvalue weighted by Gasteiger charge is 2.15. The monoisotopic (exact) mass is 508 g/mol. The molecule has 0 spiro atoms. The quantitative estimate of drug-likeness (QED) is 0.344. The smallest absolute Gasteiger partial charge is 0.238 e. The number of halogens is 1. The summed E-state index contributed by atoms with van der Waals surface area (Å²) in [6.07, 6.45) is 0.975. The number of rotatable bonds is 9. The van der Waals surface area contributed by atoms with Crippen molar-refractivity contribution in [2.75, 3.05) is 16.4 Å². The van der Waals surface area contributed by atoms with E-state index in [4.69, 9.17) is 5.14 Å². The van der Waals surface area contributed by atoms with Crippen LogP contribution in [0.3, 0.4) is 0 Å². The largest absolute Gasteiger partial charge is 0.338 e. The van der Waals surface area contributed by atoms with Crippen LogP contribution in [0.1, 0.15) is 31.0 Å². The lowest BCUT2D eigenvalue weighted by molar-refractivity contribution is 0.568. The molecule has 1 atom stereocenters. The van der Waals surface area contributed by atoms with Gasteiger partial charge in [0, 0.05) is 17.4 Å². The first-order valence-electron chi connectivity index (χ1n) is 10.2. The maximum Gasteiger partial charge on any atom is 0.238 e. The molecular formula is C21H25FN6O4S2. The van der Waals surface area contributed by atoms with Gasteiger partial charge in [0.15, 0.2) is 11.6 Å². The summed E-state index contributed by atoms with van der Waals surface area (Å²) in [7, 11) is -7.27.